The van der Waals surface area contributed by atoms with Gasteiger partial charge in [0.15, 0.2) is 0 Å². The third-order valence-corrected chi connectivity index (χ3v) is 24.6. The van der Waals surface area contributed by atoms with E-state index in [4.69, 9.17) is 0 Å². The van der Waals surface area contributed by atoms with E-state index in [1.54, 1.807) is 0 Å². The molecule has 0 saturated heterocycles. The number of nitrogens with zero attached hydrogens (tertiary/aromatic N) is 8. The molecule has 8 nitrogen and oxygen atoms in total. The zero-order valence-electron chi connectivity index (χ0n) is 63.5. The van der Waals surface area contributed by atoms with Crippen LogP contribution in [0.2, 0.25) is 0 Å². The van der Waals surface area contributed by atoms with Crippen LogP contribution in [0.15, 0.2) is 364 Å². The van der Waals surface area contributed by atoms with Crippen molar-refractivity contribution in [1.82, 2.24) is 18.3 Å². The molecule has 4 aromatic heterocycles. The molecular weight excluding hydrogens is 1370 g/mol. The van der Waals surface area contributed by atoms with Crippen molar-refractivity contribution < 1.29 is 0 Å². The number of aryl methyl sites for hydroxylation is 4. The Kier molecular flexibility index (Phi) is 15.2. The zero-order valence-corrected chi connectivity index (χ0v) is 63.5. The van der Waals surface area contributed by atoms with Crippen LogP contribution >= 0.6 is 0 Å². The summed E-state index contributed by atoms with van der Waals surface area (Å²) in [6, 6.07) is 138. The van der Waals surface area contributed by atoms with Gasteiger partial charge in [-0.25, -0.2) is 0 Å². The summed E-state index contributed by atoms with van der Waals surface area (Å²) in [4.78, 5) is 9.99. The van der Waals surface area contributed by atoms with Crippen LogP contribution in [0.1, 0.15) is 49.9 Å². The van der Waals surface area contributed by atoms with Crippen molar-refractivity contribution in [3.63, 3.8) is 0 Å². The Morgan fingerprint density at radius 3 is 0.584 bits per heavy atom. The first-order valence-corrected chi connectivity index (χ1v) is 39.9. The highest BCUT2D eigenvalue weighted by Gasteiger charge is 2.53. The number of anilines is 12. The second-order valence-electron chi connectivity index (χ2n) is 30.2. The molecule has 0 radical (unpaired) electrons. The van der Waals surface area contributed by atoms with E-state index in [9.17, 15) is 0 Å². The smallest absolute Gasteiger partial charge is 0.0728 e. The number of hydrogen-bond donors (Lipinski definition) is 0. The van der Waals surface area contributed by atoms with E-state index in [0.717, 1.165) is 94.4 Å². The number of benzene rings is 16. The van der Waals surface area contributed by atoms with E-state index in [-0.39, 0.29) is 0 Å². The third-order valence-electron chi connectivity index (χ3n) is 24.6. The summed E-state index contributed by atoms with van der Waals surface area (Å²) in [5, 5.41) is 9.90. The van der Waals surface area contributed by atoms with Gasteiger partial charge >= 0.3 is 0 Å². The molecule has 2 aliphatic rings. The van der Waals surface area contributed by atoms with Gasteiger partial charge in [0.1, 0.15) is 0 Å². The molecule has 8 heteroatoms. The van der Waals surface area contributed by atoms with Crippen molar-refractivity contribution >= 4 is 155 Å². The topological polar surface area (TPSA) is 32.7 Å². The van der Waals surface area contributed by atoms with Gasteiger partial charge in [0.25, 0.3) is 0 Å². The molecule has 540 valence electrons. The zero-order chi connectivity index (χ0) is 75.2. The minimum atomic E-state index is -0.975. The van der Waals surface area contributed by atoms with Crippen molar-refractivity contribution in [2.45, 2.75) is 59.3 Å². The maximum absolute atomic E-state index is 2.57. The summed E-state index contributed by atoms with van der Waals surface area (Å²) >= 11 is 0. The van der Waals surface area contributed by atoms with E-state index >= 15 is 0 Å². The first-order valence-electron chi connectivity index (χ1n) is 39.9. The molecule has 0 saturated carbocycles. The lowest BCUT2D eigenvalue weighted by atomic mass is 9.70. The monoisotopic (exact) mass is 1450 g/mol. The van der Waals surface area contributed by atoms with Gasteiger partial charge in [-0.05, 0) is 266 Å². The predicted octanol–water partition coefficient (Wildman–Crippen LogP) is 28.4. The maximum atomic E-state index is 2.57. The minimum Gasteiger partial charge on any atom is -0.341 e. The Bertz CT molecular complexity index is 6340. The average molecular weight is 1450 g/mol. The van der Waals surface area contributed by atoms with Gasteiger partial charge in [0, 0.05) is 182 Å². The molecule has 0 unspecified atom stereocenters. The Balaban J connectivity index is 0.846. The first kappa shape index (κ1) is 66.0. The summed E-state index contributed by atoms with van der Waals surface area (Å²) in [7, 11) is 0. The molecule has 4 heterocycles. The van der Waals surface area contributed by atoms with E-state index in [1.165, 1.54) is 132 Å². The lowest BCUT2D eigenvalue weighted by Gasteiger charge is -2.35. The van der Waals surface area contributed by atoms with E-state index in [1.807, 2.05) is 0 Å². The van der Waals surface area contributed by atoms with Crippen molar-refractivity contribution in [1.29, 1.82) is 0 Å². The highest BCUT2D eigenvalue weighted by atomic mass is 15.2. The van der Waals surface area contributed by atoms with Gasteiger partial charge in [-0.15, -0.1) is 0 Å². The second kappa shape index (κ2) is 26.0. The van der Waals surface area contributed by atoms with Crippen LogP contribution in [0.5, 0.6) is 0 Å². The van der Waals surface area contributed by atoms with Crippen LogP contribution < -0.4 is 19.6 Å². The fourth-order valence-corrected chi connectivity index (χ4v) is 19.9. The van der Waals surface area contributed by atoms with Crippen LogP contribution in [-0.4, -0.2) is 18.3 Å². The second-order valence-corrected chi connectivity index (χ2v) is 30.2. The van der Waals surface area contributed by atoms with Gasteiger partial charge in [-0.3, -0.25) is 0 Å². The van der Waals surface area contributed by atoms with Gasteiger partial charge in [0.2, 0.25) is 0 Å². The molecule has 0 fully saturated rings. The van der Waals surface area contributed by atoms with Crippen molar-refractivity contribution in [2.24, 2.45) is 0 Å². The molecule has 0 bridgehead atoms. The molecule has 22 rings (SSSR count). The Labute approximate surface area is 657 Å². The van der Waals surface area contributed by atoms with E-state index in [2.05, 4.69) is 430 Å². The van der Waals surface area contributed by atoms with Gasteiger partial charge in [-0.2, -0.15) is 0 Å². The summed E-state index contributed by atoms with van der Waals surface area (Å²) in [6.45, 7) is 12.5. The summed E-state index contributed by atoms with van der Waals surface area (Å²) < 4.78 is 9.82. The molecule has 16 aromatic carbocycles. The molecule has 0 amide bonds. The van der Waals surface area contributed by atoms with Crippen LogP contribution in [0, 0.1) is 0 Å². The molecule has 0 aliphatic heterocycles. The van der Waals surface area contributed by atoms with Crippen LogP contribution in [-0.2, 0) is 31.6 Å². The summed E-state index contributed by atoms with van der Waals surface area (Å²) in [5.74, 6) is 0. The number of rotatable bonds is 16. The number of fused-ring (bicyclic) bond motifs is 22. The Morgan fingerprint density at radius 1 is 0.177 bits per heavy atom. The molecular formula is C105H80N8. The molecule has 20 aromatic rings. The summed E-state index contributed by atoms with van der Waals surface area (Å²) in [6.07, 6.45) is 0. The maximum Gasteiger partial charge on any atom is 0.0728 e. The van der Waals surface area contributed by atoms with Gasteiger partial charge in [-0.1, -0.05) is 170 Å². The lowest BCUT2D eigenvalue weighted by molar-refractivity contribution is 0.793. The Morgan fingerprint density at radius 2 is 0.363 bits per heavy atom. The number of hydrogen-bond acceptors (Lipinski definition) is 4. The van der Waals surface area contributed by atoms with Gasteiger partial charge in [0.05, 0.1) is 5.41 Å². The molecule has 2 aliphatic carbocycles. The molecule has 0 N–H and O–H groups in total. The van der Waals surface area contributed by atoms with Crippen molar-refractivity contribution in [2.75, 3.05) is 19.6 Å². The minimum absolute atomic E-state index is 0.862. The normalized spacial score (nSPS) is 12.6. The first-order chi connectivity index (χ1) is 55.9. The highest BCUT2D eigenvalue weighted by molar-refractivity contribution is 6.14. The average Bonchev–Trinajstić information content (AvgIpc) is 1.50. The van der Waals surface area contributed by atoms with Crippen LogP contribution in [0.3, 0.4) is 0 Å². The fraction of sp³-hybridized carbons (Fsp3) is 0.0857. The lowest BCUT2D eigenvalue weighted by Crippen LogP contribution is -2.27. The SMILES string of the molecule is CCn1c2ccccc2c2cc(N(c3ccccc3)c3ccc4c(c3)C3(c5cc(N(c6ccccc6)c6ccc7c(c6)c6ccccc6n7CC)ccc5-4)c4cc(N(c5ccccc5)c5ccc6c(c5)c5ccccc5n6CC)ccc4-c4ccc(N(c5ccccc5)c5ccc6c(c5)c5ccccc5n6CC)cc43)ccc21. The molecule has 1 spiro atoms. The third kappa shape index (κ3) is 9.88. The summed E-state index contributed by atoms with van der Waals surface area (Å²) in [5.41, 5.74) is 31.3. The van der Waals surface area contributed by atoms with E-state index in [0.29, 0.717) is 0 Å². The largest absolute Gasteiger partial charge is 0.341 e. The quantitative estimate of drug-likeness (QED) is 0.0965. The fourth-order valence-electron chi connectivity index (χ4n) is 19.9. The predicted molar refractivity (Wildman–Crippen MR) is 476 cm³/mol. The molecule has 113 heavy (non-hydrogen) atoms. The van der Waals surface area contributed by atoms with Gasteiger partial charge < -0.3 is 37.9 Å². The van der Waals surface area contributed by atoms with E-state index < -0.39 is 5.41 Å². The van der Waals surface area contributed by atoms with Crippen LogP contribution in [0.25, 0.3) is 109 Å². The Hall–Kier alpha value is -14.1. The van der Waals surface area contributed by atoms with Crippen molar-refractivity contribution in [3.8, 4) is 22.3 Å². The number of para-hydroxylation sites is 8. The van der Waals surface area contributed by atoms with Crippen molar-refractivity contribution in [3.05, 3.63) is 386 Å². The highest BCUT2D eigenvalue weighted by Crippen LogP contribution is 2.66. The van der Waals surface area contributed by atoms with Crippen LogP contribution in [0.4, 0.5) is 68.2 Å². The standard InChI is InChI=1S/C105H80N8/c1-5-106-97-41-25-21-37-85(97)89-61-73(49-57-101(89)106)110(69-29-13-9-14-30-69)77-45-53-81-82-54-46-78(111(70-31-15-10-16-32-70)74-50-58-102-90(62-74)86-38-22-26-42-98(86)107(102)6-2)66-94(82)105(93(81)65-77)95-67-79(112(71-33-17-11-18-34-71)75-51-59-103-91(63-75)87-39-23-27-43-99(87)108(103)7-3)47-55-83(95)84-56-48-80(68-96(84)105)113(72-35-19-12-20-36-72)76-52-60-104-92(64-76)88-40-24-28-44-100(88)109(104)8-4/h9-68H,5-8H2,1-4H3. The number of aromatic nitrogens is 4. The molecule has 0 atom stereocenters.